The number of amides is 1. The second-order valence-electron chi connectivity index (χ2n) is 3.73. The van der Waals surface area contributed by atoms with E-state index >= 15 is 0 Å². The summed E-state index contributed by atoms with van der Waals surface area (Å²) >= 11 is 2.93. The number of aliphatic hydroxyl groups is 1. The Morgan fingerprint density at radius 1 is 1.42 bits per heavy atom. The van der Waals surface area contributed by atoms with E-state index in [0.717, 1.165) is 6.07 Å². The molecule has 0 heterocycles. The zero-order valence-electron chi connectivity index (χ0n) is 9.47. The number of hydrogen-bond acceptors (Lipinski definition) is 2. The third-order valence-corrected chi connectivity index (χ3v) is 2.90. The largest absolute Gasteiger partial charge is 0.471 e. The van der Waals surface area contributed by atoms with E-state index in [-0.39, 0.29) is 17.4 Å². The number of alkyl halides is 3. The molecule has 1 atom stereocenters. The lowest BCUT2D eigenvalue weighted by molar-refractivity contribution is -0.173. The minimum atomic E-state index is -4.94. The van der Waals surface area contributed by atoms with Crippen LogP contribution in [0.15, 0.2) is 22.7 Å². The molecule has 0 aliphatic rings. The van der Waals surface area contributed by atoms with Crippen molar-refractivity contribution < 1.29 is 27.5 Å². The van der Waals surface area contributed by atoms with Gasteiger partial charge in [0, 0.05) is 6.54 Å². The minimum Gasteiger partial charge on any atom is -0.388 e. The van der Waals surface area contributed by atoms with E-state index in [1.165, 1.54) is 12.1 Å². The molecule has 0 saturated heterocycles. The summed E-state index contributed by atoms with van der Waals surface area (Å²) in [6, 6.07) is 3.76. The highest BCUT2D eigenvalue weighted by atomic mass is 79.9. The predicted octanol–water partition coefficient (Wildman–Crippen LogP) is 2.69. The molecule has 0 fully saturated rings. The Morgan fingerprint density at radius 2 is 2.05 bits per heavy atom. The first-order valence-electron chi connectivity index (χ1n) is 5.20. The van der Waals surface area contributed by atoms with Crippen LogP contribution in [0.25, 0.3) is 0 Å². The summed E-state index contributed by atoms with van der Waals surface area (Å²) in [5.74, 6) is -2.57. The molecule has 1 unspecified atom stereocenters. The van der Waals surface area contributed by atoms with Gasteiger partial charge in [0.2, 0.25) is 0 Å². The van der Waals surface area contributed by atoms with E-state index in [0.29, 0.717) is 5.56 Å². The molecule has 1 amide bonds. The summed E-state index contributed by atoms with van der Waals surface area (Å²) in [6.07, 6.45) is -6.14. The number of benzene rings is 1. The van der Waals surface area contributed by atoms with Crippen molar-refractivity contribution in [1.82, 2.24) is 5.32 Å². The standard InChI is InChI=1S/C11H10BrF4NO2/c12-7-5-6(1-2-8(7)13)9(18)3-4-17-10(19)11(14,15)16/h1-2,5,9,18H,3-4H2,(H,17,19). The summed E-state index contributed by atoms with van der Waals surface area (Å²) in [5.41, 5.74) is 0.342. The van der Waals surface area contributed by atoms with Crippen LogP contribution >= 0.6 is 15.9 Å². The van der Waals surface area contributed by atoms with Gasteiger partial charge < -0.3 is 10.4 Å². The average molecular weight is 344 g/mol. The van der Waals surface area contributed by atoms with E-state index in [4.69, 9.17) is 0 Å². The molecule has 0 aliphatic carbocycles. The van der Waals surface area contributed by atoms with Crippen LogP contribution < -0.4 is 5.32 Å². The fraction of sp³-hybridized carbons (Fsp3) is 0.364. The number of carbonyl (C=O) groups is 1. The van der Waals surface area contributed by atoms with Gasteiger partial charge in [0.1, 0.15) is 5.82 Å². The number of nitrogens with one attached hydrogen (secondary N) is 1. The zero-order valence-corrected chi connectivity index (χ0v) is 11.1. The monoisotopic (exact) mass is 343 g/mol. The summed E-state index contributed by atoms with van der Waals surface area (Å²) in [4.78, 5) is 10.5. The van der Waals surface area contributed by atoms with Crippen molar-refractivity contribution in [2.75, 3.05) is 6.54 Å². The summed E-state index contributed by atoms with van der Waals surface area (Å²) in [6.45, 7) is -0.339. The van der Waals surface area contributed by atoms with Crippen molar-refractivity contribution in [2.24, 2.45) is 0 Å². The van der Waals surface area contributed by atoms with Crippen LogP contribution in [0.3, 0.4) is 0 Å². The number of carbonyl (C=O) groups excluding carboxylic acids is 1. The Kier molecular flexibility index (Phi) is 5.30. The summed E-state index contributed by atoms with van der Waals surface area (Å²) in [7, 11) is 0. The lowest BCUT2D eigenvalue weighted by atomic mass is 10.1. The number of hydrogen-bond donors (Lipinski definition) is 2. The van der Waals surface area contributed by atoms with Crippen LogP contribution in [0.5, 0.6) is 0 Å². The van der Waals surface area contributed by atoms with Crippen LogP contribution in [0.2, 0.25) is 0 Å². The van der Waals surface area contributed by atoms with Gasteiger partial charge in [-0.3, -0.25) is 4.79 Å². The van der Waals surface area contributed by atoms with Crippen molar-refractivity contribution in [2.45, 2.75) is 18.7 Å². The molecule has 1 aromatic carbocycles. The molecule has 0 saturated carbocycles. The van der Waals surface area contributed by atoms with Gasteiger partial charge in [-0.05, 0) is 40.0 Å². The molecule has 0 aliphatic heterocycles. The molecule has 3 nitrogen and oxygen atoms in total. The van der Waals surface area contributed by atoms with Gasteiger partial charge in [0.25, 0.3) is 0 Å². The van der Waals surface area contributed by atoms with Crippen LogP contribution in [0.4, 0.5) is 17.6 Å². The number of halogens is 5. The average Bonchev–Trinajstić information content (AvgIpc) is 2.31. The normalized spacial score (nSPS) is 13.2. The maximum Gasteiger partial charge on any atom is 0.471 e. The van der Waals surface area contributed by atoms with Crippen LogP contribution in [0, 0.1) is 5.82 Å². The minimum absolute atomic E-state index is 0.111. The molecule has 106 valence electrons. The first-order chi connectivity index (χ1) is 8.71. The predicted molar refractivity (Wildman–Crippen MR) is 62.7 cm³/mol. The Hall–Kier alpha value is -1.15. The Balaban J connectivity index is 2.50. The van der Waals surface area contributed by atoms with Crippen LogP contribution in [0.1, 0.15) is 18.1 Å². The molecule has 0 aromatic heterocycles. The van der Waals surface area contributed by atoms with Crippen molar-refractivity contribution in [1.29, 1.82) is 0 Å². The lowest BCUT2D eigenvalue weighted by Gasteiger charge is -2.13. The molecule has 8 heteroatoms. The molecule has 1 aromatic rings. The first-order valence-corrected chi connectivity index (χ1v) is 5.99. The molecule has 19 heavy (non-hydrogen) atoms. The molecule has 2 N–H and O–H groups in total. The van der Waals surface area contributed by atoms with E-state index in [1.807, 2.05) is 0 Å². The van der Waals surface area contributed by atoms with Gasteiger partial charge in [-0.15, -0.1) is 0 Å². The highest BCUT2D eigenvalue weighted by Crippen LogP contribution is 2.23. The lowest BCUT2D eigenvalue weighted by Crippen LogP contribution is -2.37. The molecular formula is C11H10BrF4NO2. The second kappa shape index (κ2) is 6.33. The van der Waals surface area contributed by atoms with Gasteiger partial charge in [0.15, 0.2) is 0 Å². The van der Waals surface area contributed by atoms with Crippen molar-refractivity contribution in [3.05, 3.63) is 34.1 Å². The van der Waals surface area contributed by atoms with E-state index < -0.39 is 24.0 Å². The molecular weight excluding hydrogens is 334 g/mol. The van der Waals surface area contributed by atoms with Gasteiger partial charge in [-0.25, -0.2) is 4.39 Å². The van der Waals surface area contributed by atoms with Gasteiger partial charge in [-0.2, -0.15) is 13.2 Å². The SMILES string of the molecule is O=C(NCCC(O)c1ccc(F)c(Br)c1)C(F)(F)F. The molecule has 0 spiro atoms. The summed E-state index contributed by atoms with van der Waals surface area (Å²) in [5, 5.41) is 11.3. The van der Waals surface area contributed by atoms with E-state index in [9.17, 15) is 27.5 Å². The summed E-state index contributed by atoms with van der Waals surface area (Å²) < 4.78 is 48.7. The third-order valence-electron chi connectivity index (χ3n) is 2.29. The quantitative estimate of drug-likeness (QED) is 0.826. The van der Waals surface area contributed by atoms with Crippen LogP contribution in [-0.4, -0.2) is 23.7 Å². The van der Waals surface area contributed by atoms with E-state index in [1.54, 1.807) is 5.32 Å². The van der Waals surface area contributed by atoms with E-state index in [2.05, 4.69) is 15.9 Å². The Labute approximate surface area is 114 Å². The maximum atomic E-state index is 12.9. The van der Waals surface area contributed by atoms with Crippen molar-refractivity contribution in [3.63, 3.8) is 0 Å². The smallest absolute Gasteiger partial charge is 0.388 e. The molecule has 0 bridgehead atoms. The topological polar surface area (TPSA) is 49.3 Å². The van der Waals surface area contributed by atoms with Crippen molar-refractivity contribution >= 4 is 21.8 Å². The van der Waals surface area contributed by atoms with Gasteiger partial charge in [0.05, 0.1) is 10.6 Å². The maximum absolute atomic E-state index is 12.9. The van der Waals surface area contributed by atoms with Gasteiger partial charge >= 0.3 is 12.1 Å². The van der Waals surface area contributed by atoms with Crippen molar-refractivity contribution in [3.8, 4) is 0 Å². The zero-order chi connectivity index (χ0) is 14.6. The number of rotatable bonds is 4. The number of aliphatic hydroxyl groups excluding tert-OH is 1. The third kappa shape index (κ3) is 4.79. The highest BCUT2D eigenvalue weighted by Gasteiger charge is 2.38. The first kappa shape index (κ1) is 15.9. The highest BCUT2D eigenvalue weighted by molar-refractivity contribution is 9.10. The fourth-order valence-corrected chi connectivity index (χ4v) is 1.71. The van der Waals surface area contributed by atoms with Crippen LogP contribution in [-0.2, 0) is 4.79 Å². The Morgan fingerprint density at radius 3 is 2.58 bits per heavy atom. The Bertz CT molecular complexity index is 464. The second-order valence-corrected chi connectivity index (χ2v) is 4.59. The molecule has 1 rings (SSSR count). The molecule has 0 radical (unpaired) electrons. The fourth-order valence-electron chi connectivity index (χ4n) is 1.31. The van der Waals surface area contributed by atoms with Gasteiger partial charge in [-0.1, -0.05) is 6.07 Å².